The molecule has 3 aromatic rings. The molecular formula is C16H14O2. The molecule has 0 aliphatic carbocycles. The van der Waals surface area contributed by atoms with Crippen molar-refractivity contribution in [3.8, 4) is 11.5 Å². The van der Waals surface area contributed by atoms with Crippen LogP contribution < -0.4 is 4.74 Å². The lowest BCUT2D eigenvalue weighted by molar-refractivity contribution is 0.420. The summed E-state index contributed by atoms with van der Waals surface area (Å²) in [5.74, 6) is 1.16. The highest BCUT2D eigenvalue weighted by Crippen LogP contribution is 2.38. The first kappa shape index (κ1) is 10.9. The molecule has 0 unspecified atom stereocenters. The van der Waals surface area contributed by atoms with E-state index in [1.54, 1.807) is 13.2 Å². The number of fused-ring (bicyclic) bond motifs is 3. The molecule has 0 heterocycles. The van der Waals surface area contributed by atoms with E-state index in [1.165, 1.54) is 0 Å². The van der Waals surface area contributed by atoms with Crippen LogP contribution in [0.15, 0.2) is 42.5 Å². The van der Waals surface area contributed by atoms with Crippen LogP contribution in [0.5, 0.6) is 11.5 Å². The Hall–Kier alpha value is -2.22. The number of phenolic OH excluding ortho intramolecular Hbond substituents is 1. The zero-order valence-electron chi connectivity index (χ0n) is 10.4. The Morgan fingerprint density at radius 2 is 1.72 bits per heavy atom. The van der Waals surface area contributed by atoms with E-state index in [4.69, 9.17) is 4.74 Å². The Morgan fingerprint density at radius 3 is 2.44 bits per heavy atom. The van der Waals surface area contributed by atoms with Gasteiger partial charge in [-0.05, 0) is 35.4 Å². The number of hydrogen-bond acceptors (Lipinski definition) is 2. The van der Waals surface area contributed by atoms with Crippen LogP contribution in [0.1, 0.15) is 5.56 Å². The van der Waals surface area contributed by atoms with E-state index in [1.807, 2.05) is 37.3 Å². The summed E-state index contributed by atoms with van der Waals surface area (Å²) in [6.07, 6.45) is 0. The van der Waals surface area contributed by atoms with Gasteiger partial charge in [0.05, 0.1) is 7.11 Å². The van der Waals surface area contributed by atoms with Crippen LogP contribution in [0.2, 0.25) is 0 Å². The zero-order valence-corrected chi connectivity index (χ0v) is 10.4. The van der Waals surface area contributed by atoms with Gasteiger partial charge < -0.3 is 9.84 Å². The summed E-state index contributed by atoms with van der Waals surface area (Å²) in [7, 11) is 1.67. The van der Waals surface area contributed by atoms with Crippen LogP contribution in [0.4, 0.5) is 0 Å². The molecule has 0 bridgehead atoms. The van der Waals surface area contributed by atoms with Gasteiger partial charge in [0.2, 0.25) is 0 Å². The molecular weight excluding hydrogens is 224 g/mol. The monoisotopic (exact) mass is 238 g/mol. The molecule has 0 spiro atoms. The fraction of sp³-hybridized carbons (Fsp3) is 0.125. The van der Waals surface area contributed by atoms with Gasteiger partial charge in [-0.15, -0.1) is 0 Å². The molecule has 0 aromatic heterocycles. The Balaban J connectivity index is 2.59. The Labute approximate surface area is 105 Å². The number of rotatable bonds is 1. The Morgan fingerprint density at radius 1 is 1.00 bits per heavy atom. The van der Waals surface area contributed by atoms with E-state index in [9.17, 15) is 5.11 Å². The summed E-state index contributed by atoms with van der Waals surface area (Å²) in [5, 5.41) is 14.1. The summed E-state index contributed by atoms with van der Waals surface area (Å²) in [6, 6.07) is 13.8. The standard InChI is InChI=1S/C16H14O2/c1-10-7-11-9-15(18-2)12-5-3-4-6-13(12)16(11)14(17)8-10/h3-9,17H,1-2H3. The predicted octanol–water partition coefficient (Wildman–Crippen LogP) is 4.02. The van der Waals surface area contributed by atoms with Crippen molar-refractivity contribution in [2.45, 2.75) is 6.92 Å². The van der Waals surface area contributed by atoms with Crippen LogP contribution in [0, 0.1) is 6.92 Å². The highest BCUT2D eigenvalue weighted by atomic mass is 16.5. The smallest absolute Gasteiger partial charge is 0.127 e. The van der Waals surface area contributed by atoms with Crippen molar-refractivity contribution < 1.29 is 9.84 Å². The third kappa shape index (κ3) is 1.50. The number of hydrogen-bond donors (Lipinski definition) is 1. The van der Waals surface area contributed by atoms with Crippen LogP contribution >= 0.6 is 0 Å². The van der Waals surface area contributed by atoms with Gasteiger partial charge in [-0.25, -0.2) is 0 Å². The van der Waals surface area contributed by atoms with Gasteiger partial charge in [-0.1, -0.05) is 30.3 Å². The summed E-state index contributed by atoms with van der Waals surface area (Å²) >= 11 is 0. The lowest BCUT2D eigenvalue weighted by atomic mass is 9.99. The molecule has 0 fully saturated rings. The van der Waals surface area contributed by atoms with Crippen LogP contribution in [-0.4, -0.2) is 12.2 Å². The summed E-state index contributed by atoms with van der Waals surface area (Å²) < 4.78 is 5.43. The van der Waals surface area contributed by atoms with Crippen molar-refractivity contribution >= 4 is 21.5 Å². The SMILES string of the molecule is COc1cc2cc(C)cc(O)c2c2ccccc12. The number of aryl methyl sites for hydroxylation is 1. The van der Waals surface area contributed by atoms with Crippen molar-refractivity contribution in [3.05, 3.63) is 48.0 Å². The van der Waals surface area contributed by atoms with E-state index in [2.05, 4.69) is 6.07 Å². The normalized spacial score (nSPS) is 11.0. The molecule has 0 atom stereocenters. The Kier molecular flexibility index (Phi) is 2.37. The molecule has 18 heavy (non-hydrogen) atoms. The lowest BCUT2D eigenvalue weighted by Gasteiger charge is -2.11. The second-order valence-corrected chi connectivity index (χ2v) is 4.51. The number of benzene rings is 3. The van der Waals surface area contributed by atoms with Gasteiger partial charge in [-0.3, -0.25) is 0 Å². The third-order valence-electron chi connectivity index (χ3n) is 3.26. The maximum atomic E-state index is 10.2. The molecule has 0 aliphatic rings. The highest BCUT2D eigenvalue weighted by Gasteiger charge is 2.10. The predicted molar refractivity (Wildman–Crippen MR) is 74.4 cm³/mol. The summed E-state index contributed by atoms with van der Waals surface area (Å²) in [4.78, 5) is 0. The first-order valence-electron chi connectivity index (χ1n) is 5.90. The third-order valence-corrected chi connectivity index (χ3v) is 3.26. The van der Waals surface area contributed by atoms with Gasteiger partial charge in [0.1, 0.15) is 11.5 Å². The van der Waals surface area contributed by atoms with Gasteiger partial charge in [0.25, 0.3) is 0 Å². The molecule has 2 heteroatoms. The largest absolute Gasteiger partial charge is 0.507 e. The van der Waals surface area contributed by atoms with E-state index >= 15 is 0 Å². The first-order chi connectivity index (χ1) is 8.70. The van der Waals surface area contributed by atoms with Gasteiger partial charge in [0.15, 0.2) is 0 Å². The number of methoxy groups -OCH3 is 1. The van der Waals surface area contributed by atoms with Crippen molar-refractivity contribution in [1.82, 2.24) is 0 Å². The second kappa shape index (κ2) is 3.91. The quantitative estimate of drug-likeness (QED) is 0.649. The van der Waals surface area contributed by atoms with E-state index in [0.29, 0.717) is 5.75 Å². The number of phenols is 1. The molecule has 3 aromatic carbocycles. The van der Waals surface area contributed by atoms with E-state index < -0.39 is 0 Å². The summed E-state index contributed by atoms with van der Waals surface area (Å²) in [6.45, 7) is 1.97. The van der Waals surface area contributed by atoms with E-state index in [-0.39, 0.29) is 0 Å². The first-order valence-corrected chi connectivity index (χ1v) is 5.90. The van der Waals surface area contributed by atoms with Crippen LogP contribution in [-0.2, 0) is 0 Å². The topological polar surface area (TPSA) is 29.5 Å². The van der Waals surface area contributed by atoms with Crippen LogP contribution in [0.25, 0.3) is 21.5 Å². The van der Waals surface area contributed by atoms with Crippen molar-refractivity contribution in [2.75, 3.05) is 7.11 Å². The molecule has 3 rings (SSSR count). The van der Waals surface area contributed by atoms with E-state index in [0.717, 1.165) is 32.9 Å². The minimum absolute atomic E-state index is 0.323. The minimum Gasteiger partial charge on any atom is -0.507 e. The lowest BCUT2D eigenvalue weighted by Crippen LogP contribution is -1.87. The molecule has 90 valence electrons. The average Bonchev–Trinajstić information content (AvgIpc) is 2.36. The highest BCUT2D eigenvalue weighted by molar-refractivity contribution is 6.13. The zero-order chi connectivity index (χ0) is 12.7. The molecule has 0 amide bonds. The fourth-order valence-corrected chi connectivity index (χ4v) is 2.51. The second-order valence-electron chi connectivity index (χ2n) is 4.51. The maximum absolute atomic E-state index is 10.2. The van der Waals surface area contributed by atoms with Crippen molar-refractivity contribution in [1.29, 1.82) is 0 Å². The molecule has 2 nitrogen and oxygen atoms in total. The minimum atomic E-state index is 0.323. The molecule has 0 radical (unpaired) electrons. The maximum Gasteiger partial charge on any atom is 0.127 e. The number of ether oxygens (including phenoxy) is 1. The molecule has 1 N–H and O–H groups in total. The fourth-order valence-electron chi connectivity index (χ4n) is 2.51. The summed E-state index contributed by atoms with van der Waals surface area (Å²) in [5.41, 5.74) is 1.04. The molecule has 0 saturated heterocycles. The van der Waals surface area contributed by atoms with Crippen molar-refractivity contribution in [2.24, 2.45) is 0 Å². The van der Waals surface area contributed by atoms with Crippen molar-refractivity contribution in [3.63, 3.8) is 0 Å². The molecule has 0 saturated carbocycles. The van der Waals surface area contributed by atoms with Gasteiger partial charge in [-0.2, -0.15) is 0 Å². The Bertz CT molecular complexity index is 745. The van der Waals surface area contributed by atoms with Gasteiger partial charge >= 0.3 is 0 Å². The average molecular weight is 238 g/mol. The number of aromatic hydroxyl groups is 1. The van der Waals surface area contributed by atoms with Crippen LogP contribution in [0.3, 0.4) is 0 Å². The van der Waals surface area contributed by atoms with Gasteiger partial charge in [0, 0.05) is 10.8 Å². The molecule has 0 aliphatic heterocycles.